The molecule has 0 rings (SSSR count). The van der Waals surface area contributed by atoms with Gasteiger partial charge in [-0.2, -0.15) is 5.26 Å². The topological polar surface area (TPSA) is 70.3 Å². The summed E-state index contributed by atoms with van der Waals surface area (Å²) in [6.07, 6.45) is -0.0634. The van der Waals surface area contributed by atoms with Gasteiger partial charge < -0.3 is 26.7 Å². The average Bonchev–Trinajstić information content (AvgIpc) is 2.27. The molecule has 116 valence electrons. The molecule has 1 N–H and O–H groups in total. The first-order chi connectivity index (χ1) is 8.53. The largest absolute Gasteiger partial charge is 1.00 e. The molecule has 0 spiro atoms. The summed E-state index contributed by atoms with van der Waals surface area (Å²) in [4.78, 5) is 10.8. The zero-order valence-electron chi connectivity index (χ0n) is 12.9. The van der Waals surface area contributed by atoms with Crippen molar-refractivity contribution in [3.05, 3.63) is 24.8 Å². The van der Waals surface area contributed by atoms with E-state index in [4.69, 9.17) is 10.00 Å². The average molecular weight is 305 g/mol. The highest BCUT2D eigenvalue weighted by Gasteiger charge is 2.23. The van der Waals surface area contributed by atoms with E-state index in [2.05, 4.69) is 13.2 Å². The summed E-state index contributed by atoms with van der Waals surface area (Å²) in [5.74, 6) is -0.502. The minimum absolute atomic E-state index is 0. The standard InChI is InChI=1S/C10H20NO3.C4H5N.ClH/c1-6-10(13)14-8(2)9(12)7-11(3,4)5;1-4(2)3-5;/h6,8-9,12H,1,7H2,2-5H3;1H2,2H3;1H/q+1;;/p-1. The molecule has 0 aliphatic carbocycles. The molecule has 20 heavy (non-hydrogen) atoms. The highest BCUT2D eigenvalue weighted by Crippen LogP contribution is 2.04. The van der Waals surface area contributed by atoms with Crippen LogP contribution in [0.1, 0.15) is 13.8 Å². The summed E-state index contributed by atoms with van der Waals surface area (Å²) in [5.41, 5.74) is 0.560. The monoisotopic (exact) mass is 304 g/mol. The van der Waals surface area contributed by atoms with E-state index in [1.165, 1.54) is 0 Å². The number of halogens is 1. The van der Waals surface area contributed by atoms with E-state index in [0.29, 0.717) is 16.6 Å². The molecule has 0 aromatic rings. The highest BCUT2D eigenvalue weighted by molar-refractivity contribution is 5.81. The second-order valence-corrected chi connectivity index (χ2v) is 5.28. The Labute approximate surface area is 128 Å². The number of carbonyl (C=O) groups excluding carboxylic acids is 1. The summed E-state index contributed by atoms with van der Waals surface area (Å²) in [6.45, 7) is 10.5. The predicted octanol–water partition coefficient (Wildman–Crippen LogP) is -1.74. The molecule has 0 saturated heterocycles. The highest BCUT2D eigenvalue weighted by atomic mass is 35.5. The number of hydrogen-bond donors (Lipinski definition) is 1. The third-order valence-corrected chi connectivity index (χ3v) is 1.94. The molecule has 0 aromatic carbocycles. The number of aliphatic hydroxyl groups is 1. The SMILES string of the molecule is C=C(C)C#N.C=CC(=O)OC(C)C(O)C[N+](C)(C)C.[Cl-]. The number of hydrogen-bond acceptors (Lipinski definition) is 4. The van der Waals surface area contributed by atoms with E-state index in [1.54, 1.807) is 13.8 Å². The first kappa shape index (κ1) is 23.7. The molecule has 0 fully saturated rings. The lowest BCUT2D eigenvalue weighted by molar-refractivity contribution is -0.874. The molecule has 0 saturated carbocycles. The Balaban J connectivity index is -0.000000414. The molecule has 0 radical (unpaired) electrons. The smallest absolute Gasteiger partial charge is 0.330 e. The fourth-order valence-corrected chi connectivity index (χ4v) is 1.02. The number of esters is 1. The van der Waals surface area contributed by atoms with Gasteiger partial charge >= 0.3 is 5.97 Å². The van der Waals surface area contributed by atoms with E-state index in [-0.39, 0.29) is 12.4 Å². The molecule has 0 amide bonds. The van der Waals surface area contributed by atoms with Gasteiger partial charge in [0, 0.05) is 11.6 Å². The number of quaternary nitrogens is 1. The lowest BCUT2D eigenvalue weighted by atomic mass is 10.2. The van der Waals surface area contributed by atoms with Gasteiger partial charge in [0.15, 0.2) is 0 Å². The van der Waals surface area contributed by atoms with E-state index < -0.39 is 18.2 Å². The van der Waals surface area contributed by atoms with Gasteiger partial charge in [0.25, 0.3) is 0 Å². The Bertz CT molecular complexity index is 356. The maximum Gasteiger partial charge on any atom is 0.330 e. The second kappa shape index (κ2) is 11.5. The molecule has 0 aliphatic rings. The van der Waals surface area contributed by atoms with Gasteiger partial charge in [0.05, 0.1) is 27.2 Å². The van der Waals surface area contributed by atoms with Gasteiger partial charge in [0.1, 0.15) is 18.8 Å². The van der Waals surface area contributed by atoms with Crippen molar-refractivity contribution in [1.82, 2.24) is 0 Å². The van der Waals surface area contributed by atoms with E-state index in [1.807, 2.05) is 27.2 Å². The summed E-state index contributed by atoms with van der Waals surface area (Å²) in [6, 6.07) is 1.83. The maximum absolute atomic E-state index is 10.8. The third-order valence-electron chi connectivity index (χ3n) is 1.94. The van der Waals surface area contributed by atoms with Gasteiger partial charge in [-0.1, -0.05) is 13.2 Å². The van der Waals surface area contributed by atoms with Gasteiger partial charge in [-0.3, -0.25) is 0 Å². The van der Waals surface area contributed by atoms with E-state index in [9.17, 15) is 9.90 Å². The number of nitriles is 1. The quantitative estimate of drug-likeness (QED) is 0.283. The van der Waals surface area contributed by atoms with Crippen molar-refractivity contribution < 1.29 is 31.5 Å². The zero-order chi connectivity index (χ0) is 15.6. The molecular formula is C14H25ClN2O3. The van der Waals surface area contributed by atoms with Crippen molar-refractivity contribution >= 4 is 5.97 Å². The van der Waals surface area contributed by atoms with Crippen molar-refractivity contribution in [2.45, 2.75) is 26.1 Å². The van der Waals surface area contributed by atoms with Crippen LogP contribution in [0.4, 0.5) is 0 Å². The Morgan fingerprint density at radius 3 is 2.15 bits per heavy atom. The molecule has 5 nitrogen and oxygen atoms in total. The molecule has 0 aliphatic heterocycles. The predicted molar refractivity (Wildman–Crippen MR) is 75.1 cm³/mol. The van der Waals surface area contributed by atoms with Gasteiger partial charge in [-0.15, -0.1) is 0 Å². The summed E-state index contributed by atoms with van der Waals surface area (Å²) < 4.78 is 5.51. The maximum atomic E-state index is 10.8. The van der Waals surface area contributed by atoms with E-state index in [0.717, 1.165) is 6.08 Å². The lowest BCUT2D eigenvalue weighted by Crippen LogP contribution is -3.00. The van der Waals surface area contributed by atoms with Crippen LogP contribution in [0.25, 0.3) is 0 Å². The molecule has 2 unspecified atom stereocenters. The normalized spacial score (nSPS) is 12.4. The molecular weight excluding hydrogens is 280 g/mol. The fraction of sp³-hybridized carbons (Fsp3) is 0.571. The number of allylic oxidation sites excluding steroid dienone is 1. The minimum Gasteiger partial charge on any atom is -1.00 e. The van der Waals surface area contributed by atoms with Crippen molar-refractivity contribution in [2.24, 2.45) is 0 Å². The zero-order valence-corrected chi connectivity index (χ0v) is 13.6. The summed E-state index contributed by atoms with van der Waals surface area (Å²) in [7, 11) is 5.89. The summed E-state index contributed by atoms with van der Waals surface area (Å²) >= 11 is 0. The lowest BCUT2D eigenvalue weighted by Gasteiger charge is -2.29. The molecule has 6 heteroatoms. The first-order valence-corrected chi connectivity index (χ1v) is 5.90. The van der Waals surface area contributed by atoms with Crippen LogP contribution in [0.2, 0.25) is 0 Å². The number of nitrogens with zero attached hydrogens (tertiary/aromatic N) is 2. The number of rotatable bonds is 5. The van der Waals surface area contributed by atoms with Crippen LogP contribution < -0.4 is 12.4 Å². The van der Waals surface area contributed by atoms with Crippen LogP contribution in [0.15, 0.2) is 24.8 Å². The molecule has 0 aromatic heterocycles. The second-order valence-electron chi connectivity index (χ2n) is 5.28. The Morgan fingerprint density at radius 1 is 1.50 bits per heavy atom. The van der Waals surface area contributed by atoms with Crippen molar-refractivity contribution in [2.75, 3.05) is 27.7 Å². The Hall–Kier alpha value is -1.35. The number of ether oxygens (including phenoxy) is 1. The van der Waals surface area contributed by atoms with Gasteiger partial charge in [0.2, 0.25) is 0 Å². The van der Waals surface area contributed by atoms with Crippen LogP contribution >= 0.6 is 0 Å². The molecule has 2 atom stereocenters. The van der Waals surface area contributed by atoms with E-state index >= 15 is 0 Å². The number of carbonyl (C=O) groups is 1. The van der Waals surface area contributed by atoms with Crippen LogP contribution in [0.3, 0.4) is 0 Å². The van der Waals surface area contributed by atoms with Crippen LogP contribution in [0.5, 0.6) is 0 Å². The molecule has 0 bridgehead atoms. The Morgan fingerprint density at radius 2 is 1.90 bits per heavy atom. The number of likely N-dealkylation sites (N-methyl/N-ethyl adjacent to an activating group) is 1. The van der Waals surface area contributed by atoms with Crippen LogP contribution in [-0.2, 0) is 9.53 Å². The number of aliphatic hydroxyl groups excluding tert-OH is 1. The minimum atomic E-state index is -0.654. The van der Waals surface area contributed by atoms with Gasteiger partial charge in [-0.25, -0.2) is 4.79 Å². The van der Waals surface area contributed by atoms with Gasteiger partial charge in [-0.05, 0) is 13.8 Å². The van der Waals surface area contributed by atoms with Crippen LogP contribution in [0, 0.1) is 11.3 Å². The first-order valence-electron chi connectivity index (χ1n) is 5.90. The molecule has 0 heterocycles. The van der Waals surface area contributed by atoms with Crippen LogP contribution in [-0.4, -0.2) is 55.5 Å². The third kappa shape index (κ3) is 16.6. The summed E-state index contributed by atoms with van der Waals surface area (Å²) in [5, 5.41) is 17.5. The Kier molecular flexibility index (Phi) is 13.6. The van der Waals surface area contributed by atoms with Crippen molar-refractivity contribution in [1.29, 1.82) is 5.26 Å². The van der Waals surface area contributed by atoms with Crippen molar-refractivity contribution in [3.63, 3.8) is 0 Å². The van der Waals surface area contributed by atoms with Crippen molar-refractivity contribution in [3.8, 4) is 6.07 Å². The fourth-order valence-electron chi connectivity index (χ4n) is 1.02.